The molecule has 3 rings (SSSR count). The van der Waals surface area contributed by atoms with E-state index in [1.807, 2.05) is 0 Å². The molecule has 1 aliphatic rings. The fourth-order valence-corrected chi connectivity index (χ4v) is 2.97. The van der Waals surface area contributed by atoms with E-state index in [4.69, 9.17) is 26.4 Å². The third-order valence-corrected chi connectivity index (χ3v) is 3.98. The van der Waals surface area contributed by atoms with Crippen molar-refractivity contribution in [1.29, 1.82) is 0 Å². The van der Waals surface area contributed by atoms with Crippen LogP contribution in [-0.2, 0) is 23.8 Å². The van der Waals surface area contributed by atoms with Gasteiger partial charge in [0.15, 0.2) is 23.1 Å². The average Bonchev–Trinajstić information content (AvgIpc) is 3.03. The van der Waals surface area contributed by atoms with E-state index in [0.717, 1.165) is 0 Å². The number of hydrogen-bond acceptors (Lipinski definition) is 8. The molecule has 10 heteroatoms. The van der Waals surface area contributed by atoms with Crippen LogP contribution in [0.1, 0.15) is 27.0 Å². The van der Waals surface area contributed by atoms with E-state index in [0.29, 0.717) is 15.8 Å². The quantitative estimate of drug-likeness (QED) is 0.650. The second kappa shape index (κ2) is 6.29. The fraction of sp³-hybridized carbons (Fsp3) is 0.500. The number of imidazole rings is 1. The van der Waals surface area contributed by atoms with Crippen LogP contribution in [0.5, 0.6) is 0 Å². The number of nitrogens with one attached hydrogen (secondary N) is 1. The predicted octanol–water partition coefficient (Wildman–Crippen LogP) is 1.27. The van der Waals surface area contributed by atoms with Crippen LogP contribution in [0.4, 0.5) is 0 Å². The van der Waals surface area contributed by atoms with E-state index in [2.05, 4.69) is 15.0 Å². The summed E-state index contributed by atoms with van der Waals surface area (Å²) in [5.74, 6) is -0.980. The van der Waals surface area contributed by atoms with Crippen LogP contribution in [0.15, 0.2) is 12.7 Å². The van der Waals surface area contributed by atoms with Gasteiger partial charge in [0.25, 0.3) is 0 Å². The number of ether oxygens (including phenoxy) is 3. The van der Waals surface area contributed by atoms with Gasteiger partial charge in [-0.15, -0.1) is 0 Å². The third kappa shape index (κ3) is 2.89. The Bertz CT molecular complexity index is 847. The molecule has 1 fully saturated rings. The van der Waals surface area contributed by atoms with E-state index < -0.39 is 36.5 Å². The molecule has 24 heavy (non-hydrogen) atoms. The molecule has 9 nitrogen and oxygen atoms in total. The molecule has 0 aliphatic carbocycles. The first kappa shape index (κ1) is 16.5. The van der Waals surface area contributed by atoms with E-state index >= 15 is 0 Å². The van der Waals surface area contributed by atoms with Gasteiger partial charge in [-0.1, -0.05) is 12.2 Å². The maximum atomic E-state index is 11.5. The van der Waals surface area contributed by atoms with Gasteiger partial charge >= 0.3 is 11.9 Å². The van der Waals surface area contributed by atoms with Crippen LogP contribution in [0, 0.1) is 4.64 Å². The molecular weight excluding hydrogens is 336 g/mol. The first-order valence-corrected chi connectivity index (χ1v) is 7.69. The van der Waals surface area contributed by atoms with E-state index in [1.165, 1.54) is 26.5 Å². The highest BCUT2D eigenvalue weighted by Gasteiger charge is 2.48. The summed E-state index contributed by atoms with van der Waals surface area (Å²) in [6.07, 6.45) is 0.248. The van der Waals surface area contributed by atoms with Crippen LogP contribution in [0.2, 0.25) is 0 Å². The van der Waals surface area contributed by atoms with Crippen LogP contribution in [0.3, 0.4) is 0 Å². The minimum absolute atomic E-state index is 0.342. The lowest BCUT2D eigenvalue weighted by molar-refractivity contribution is -0.165. The monoisotopic (exact) mass is 352 g/mol. The van der Waals surface area contributed by atoms with Crippen molar-refractivity contribution in [3.8, 4) is 0 Å². The summed E-state index contributed by atoms with van der Waals surface area (Å²) in [6, 6.07) is 0. The lowest BCUT2D eigenvalue weighted by Crippen LogP contribution is -2.38. The zero-order chi connectivity index (χ0) is 17.4. The highest BCUT2D eigenvalue weighted by molar-refractivity contribution is 7.71. The van der Waals surface area contributed by atoms with Gasteiger partial charge in [0.2, 0.25) is 0 Å². The lowest BCUT2D eigenvalue weighted by atomic mass is 10.1. The molecule has 1 aliphatic heterocycles. The minimum Gasteiger partial charge on any atom is -0.456 e. The summed E-state index contributed by atoms with van der Waals surface area (Å²) in [5.41, 5.74) is 1.08. The molecule has 2 aromatic rings. The molecule has 1 N–H and O–H groups in total. The Kier molecular flexibility index (Phi) is 4.33. The van der Waals surface area contributed by atoms with Crippen LogP contribution in [0.25, 0.3) is 11.2 Å². The van der Waals surface area contributed by atoms with Crippen LogP contribution in [-0.4, -0.2) is 49.8 Å². The van der Waals surface area contributed by atoms with Crippen molar-refractivity contribution in [2.75, 3.05) is 0 Å². The summed E-state index contributed by atoms with van der Waals surface area (Å²) in [4.78, 5) is 34.0. The number of carbonyl (C=O) groups is 2. The van der Waals surface area contributed by atoms with E-state index in [1.54, 1.807) is 11.5 Å². The number of hydrogen-bond donors (Lipinski definition) is 1. The summed E-state index contributed by atoms with van der Waals surface area (Å²) < 4.78 is 18.5. The van der Waals surface area contributed by atoms with Gasteiger partial charge in [0.05, 0.1) is 18.8 Å². The number of H-pyrrole nitrogens is 1. The third-order valence-electron chi connectivity index (χ3n) is 3.68. The maximum absolute atomic E-state index is 11.5. The number of carbonyl (C=O) groups excluding carboxylic acids is 2. The Balaban J connectivity index is 2.03. The number of esters is 2. The molecule has 1 saturated heterocycles. The SMILES string of the molecule is CC(=O)OC1C(C)OC(n2cnc3c(=S)nc[nH]c32)C1OC(C)=O. The minimum atomic E-state index is -0.811. The Morgan fingerprint density at radius 2 is 1.92 bits per heavy atom. The molecule has 0 saturated carbocycles. The lowest BCUT2D eigenvalue weighted by Gasteiger charge is -2.23. The molecule has 4 unspecified atom stereocenters. The van der Waals surface area contributed by atoms with Crippen molar-refractivity contribution >= 4 is 35.3 Å². The first-order valence-electron chi connectivity index (χ1n) is 7.28. The van der Waals surface area contributed by atoms with E-state index in [-0.39, 0.29) is 0 Å². The highest BCUT2D eigenvalue weighted by atomic mass is 32.1. The number of rotatable bonds is 3. The predicted molar refractivity (Wildman–Crippen MR) is 83.4 cm³/mol. The van der Waals surface area contributed by atoms with Crippen molar-refractivity contribution in [2.24, 2.45) is 0 Å². The molecule has 0 aromatic carbocycles. The Hall–Kier alpha value is -2.33. The number of aromatic nitrogens is 4. The van der Waals surface area contributed by atoms with Gasteiger partial charge < -0.3 is 19.2 Å². The second-order valence-electron chi connectivity index (χ2n) is 5.44. The second-order valence-corrected chi connectivity index (χ2v) is 5.82. The molecule has 0 spiro atoms. The molecule has 4 atom stereocenters. The van der Waals surface area contributed by atoms with Crippen LogP contribution < -0.4 is 0 Å². The van der Waals surface area contributed by atoms with Gasteiger partial charge in [-0.05, 0) is 6.92 Å². The summed E-state index contributed by atoms with van der Waals surface area (Å²) in [5, 5.41) is 0. The number of fused-ring (bicyclic) bond motifs is 1. The Labute approximate surface area is 141 Å². The molecule has 0 amide bonds. The van der Waals surface area contributed by atoms with Crippen molar-refractivity contribution < 1.29 is 23.8 Å². The summed E-state index contributed by atoms with van der Waals surface area (Å²) in [6.45, 7) is 4.32. The highest BCUT2D eigenvalue weighted by Crippen LogP contribution is 2.35. The molecule has 2 aromatic heterocycles. The maximum Gasteiger partial charge on any atom is 0.303 e. The summed E-state index contributed by atoms with van der Waals surface area (Å²) >= 11 is 5.14. The van der Waals surface area contributed by atoms with Gasteiger partial charge in [0, 0.05) is 13.8 Å². The van der Waals surface area contributed by atoms with Crippen molar-refractivity contribution in [3.05, 3.63) is 17.3 Å². The average molecular weight is 352 g/mol. The summed E-state index contributed by atoms with van der Waals surface area (Å²) in [7, 11) is 0. The van der Waals surface area contributed by atoms with Gasteiger partial charge in [-0.3, -0.25) is 14.2 Å². The van der Waals surface area contributed by atoms with Crippen molar-refractivity contribution in [3.63, 3.8) is 0 Å². The zero-order valence-corrected chi connectivity index (χ0v) is 14.1. The van der Waals surface area contributed by atoms with Crippen molar-refractivity contribution in [1.82, 2.24) is 19.5 Å². The smallest absolute Gasteiger partial charge is 0.303 e. The number of aromatic amines is 1. The topological polar surface area (TPSA) is 108 Å². The van der Waals surface area contributed by atoms with Gasteiger partial charge in [-0.25, -0.2) is 9.97 Å². The standard InChI is InChI=1S/C14H16N4O5S/c1-6-10(22-7(2)19)11(23-8(3)20)14(21-6)18-5-17-9-12(18)15-4-16-13(9)24/h4-6,10-11,14H,1-3H3,(H,15,16,24). The molecule has 3 heterocycles. The zero-order valence-electron chi connectivity index (χ0n) is 13.3. The first-order chi connectivity index (χ1) is 11.4. The van der Waals surface area contributed by atoms with Crippen LogP contribution >= 0.6 is 12.2 Å². The van der Waals surface area contributed by atoms with Gasteiger partial charge in [0.1, 0.15) is 11.2 Å². The Morgan fingerprint density at radius 3 is 2.58 bits per heavy atom. The molecular formula is C14H16N4O5S. The number of nitrogens with zero attached hydrogens (tertiary/aromatic N) is 3. The fourth-order valence-electron chi connectivity index (χ4n) is 2.77. The van der Waals surface area contributed by atoms with Gasteiger partial charge in [-0.2, -0.15) is 0 Å². The largest absolute Gasteiger partial charge is 0.456 e. The normalized spacial score (nSPS) is 26.5. The molecule has 0 bridgehead atoms. The molecule has 128 valence electrons. The Morgan fingerprint density at radius 1 is 1.25 bits per heavy atom. The van der Waals surface area contributed by atoms with Crippen molar-refractivity contribution in [2.45, 2.75) is 45.3 Å². The molecule has 0 radical (unpaired) electrons. The van der Waals surface area contributed by atoms with E-state index in [9.17, 15) is 9.59 Å².